The van der Waals surface area contributed by atoms with Crippen molar-refractivity contribution >= 4 is 5.69 Å². The molecule has 1 N–H and O–H groups in total. The Kier molecular flexibility index (Phi) is 2.06. The Morgan fingerprint density at radius 3 is 2.64 bits per heavy atom. The monoisotopic (exact) mass is 189 g/mol. The molecule has 1 aliphatic heterocycles. The molecular weight excluding hydrogens is 170 g/mol. The van der Waals surface area contributed by atoms with Gasteiger partial charge in [0.25, 0.3) is 0 Å². The fraction of sp³-hybridized carbons (Fsp3) is 0.538. The van der Waals surface area contributed by atoms with Crippen LogP contribution in [0.5, 0.6) is 0 Å². The van der Waals surface area contributed by atoms with Crippen LogP contribution in [0.1, 0.15) is 30.5 Å². The summed E-state index contributed by atoms with van der Waals surface area (Å²) in [5.41, 5.74) is 6.04. The van der Waals surface area contributed by atoms with Gasteiger partial charge in [-0.15, -0.1) is 0 Å². The zero-order chi connectivity index (χ0) is 10.3. The molecule has 1 aliphatic rings. The summed E-state index contributed by atoms with van der Waals surface area (Å²) >= 11 is 0. The molecule has 0 bridgehead atoms. The molecule has 0 aliphatic carbocycles. The Hall–Kier alpha value is -0.980. The molecule has 0 aromatic heterocycles. The van der Waals surface area contributed by atoms with Crippen LogP contribution >= 0.6 is 0 Å². The second-order valence-electron chi connectivity index (χ2n) is 5.30. The summed E-state index contributed by atoms with van der Waals surface area (Å²) in [4.78, 5) is 0. The molecule has 0 atom stereocenters. The Morgan fingerprint density at radius 2 is 1.93 bits per heavy atom. The zero-order valence-corrected chi connectivity index (χ0v) is 9.57. The van der Waals surface area contributed by atoms with Gasteiger partial charge in [0.1, 0.15) is 0 Å². The standard InChI is InChI=1S/C13H19N/c1-9-5-10(2)11-7-13(3,4)8-14-12(11)6-9/h5-6,14H,7-8H2,1-4H3. The molecule has 14 heavy (non-hydrogen) atoms. The maximum absolute atomic E-state index is 3.53. The molecule has 76 valence electrons. The minimum absolute atomic E-state index is 0.396. The number of anilines is 1. The average Bonchev–Trinajstić information content (AvgIpc) is 2.06. The largest absolute Gasteiger partial charge is 0.384 e. The molecule has 0 saturated heterocycles. The third kappa shape index (κ3) is 1.63. The van der Waals surface area contributed by atoms with Gasteiger partial charge in [0.05, 0.1) is 0 Å². The van der Waals surface area contributed by atoms with Gasteiger partial charge in [-0.1, -0.05) is 19.9 Å². The molecule has 2 rings (SSSR count). The van der Waals surface area contributed by atoms with Crippen molar-refractivity contribution in [3.05, 3.63) is 28.8 Å². The van der Waals surface area contributed by atoms with E-state index in [1.165, 1.54) is 28.8 Å². The van der Waals surface area contributed by atoms with E-state index in [2.05, 4.69) is 45.1 Å². The highest BCUT2D eigenvalue weighted by Crippen LogP contribution is 2.34. The van der Waals surface area contributed by atoms with Crippen molar-refractivity contribution in [3.8, 4) is 0 Å². The van der Waals surface area contributed by atoms with Gasteiger partial charge in [-0.05, 0) is 48.4 Å². The van der Waals surface area contributed by atoms with Crippen molar-refractivity contribution < 1.29 is 0 Å². The Labute approximate surface area is 86.5 Å². The lowest BCUT2D eigenvalue weighted by Gasteiger charge is -2.33. The van der Waals surface area contributed by atoms with E-state index >= 15 is 0 Å². The molecule has 1 nitrogen and oxygen atoms in total. The fourth-order valence-corrected chi connectivity index (χ4v) is 2.27. The lowest BCUT2D eigenvalue weighted by atomic mass is 9.80. The lowest BCUT2D eigenvalue weighted by molar-refractivity contribution is 0.378. The molecule has 1 heterocycles. The van der Waals surface area contributed by atoms with Crippen molar-refractivity contribution in [2.24, 2.45) is 5.41 Å². The molecule has 1 heteroatoms. The molecule has 0 radical (unpaired) electrons. The van der Waals surface area contributed by atoms with Crippen LogP contribution in [0.15, 0.2) is 12.1 Å². The summed E-state index contributed by atoms with van der Waals surface area (Å²) in [6.45, 7) is 10.1. The SMILES string of the molecule is Cc1cc(C)c2c(c1)NCC(C)(C)C2. The summed E-state index contributed by atoms with van der Waals surface area (Å²) in [6.07, 6.45) is 1.20. The van der Waals surface area contributed by atoms with Crippen LogP contribution in [0.3, 0.4) is 0 Å². The number of aryl methyl sites for hydroxylation is 2. The summed E-state index contributed by atoms with van der Waals surface area (Å²) in [5.74, 6) is 0. The molecule has 0 fully saturated rings. The summed E-state index contributed by atoms with van der Waals surface area (Å²) in [6, 6.07) is 4.54. The van der Waals surface area contributed by atoms with Gasteiger partial charge in [-0.2, -0.15) is 0 Å². The van der Waals surface area contributed by atoms with Crippen molar-refractivity contribution in [2.45, 2.75) is 34.1 Å². The topological polar surface area (TPSA) is 12.0 Å². The van der Waals surface area contributed by atoms with Crippen LogP contribution in [-0.4, -0.2) is 6.54 Å². The number of hydrogen-bond donors (Lipinski definition) is 1. The van der Waals surface area contributed by atoms with Crippen molar-refractivity contribution in [1.82, 2.24) is 0 Å². The molecule has 1 aromatic rings. The minimum atomic E-state index is 0.396. The molecule has 1 aromatic carbocycles. The maximum Gasteiger partial charge on any atom is 0.0378 e. The van der Waals surface area contributed by atoms with Crippen LogP contribution in [0.2, 0.25) is 0 Å². The minimum Gasteiger partial charge on any atom is -0.384 e. The number of benzene rings is 1. The van der Waals surface area contributed by atoms with Crippen LogP contribution in [0.4, 0.5) is 5.69 Å². The van der Waals surface area contributed by atoms with Crippen molar-refractivity contribution in [3.63, 3.8) is 0 Å². The van der Waals surface area contributed by atoms with Crippen LogP contribution < -0.4 is 5.32 Å². The van der Waals surface area contributed by atoms with E-state index in [0.29, 0.717) is 5.41 Å². The van der Waals surface area contributed by atoms with Gasteiger partial charge in [0.15, 0.2) is 0 Å². The van der Waals surface area contributed by atoms with Crippen LogP contribution in [-0.2, 0) is 6.42 Å². The quantitative estimate of drug-likeness (QED) is 0.660. The van der Waals surface area contributed by atoms with E-state index in [1.807, 2.05) is 0 Å². The van der Waals surface area contributed by atoms with Gasteiger partial charge in [-0.25, -0.2) is 0 Å². The van der Waals surface area contributed by atoms with Crippen LogP contribution in [0, 0.1) is 19.3 Å². The van der Waals surface area contributed by atoms with Crippen LogP contribution in [0.25, 0.3) is 0 Å². The summed E-state index contributed by atoms with van der Waals surface area (Å²) in [5, 5.41) is 3.53. The summed E-state index contributed by atoms with van der Waals surface area (Å²) in [7, 11) is 0. The van der Waals surface area contributed by atoms with E-state index in [0.717, 1.165) is 6.54 Å². The third-order valence-corrected chi connectivity index (χ3v) is 3.03. The zero-order valence-electron chi connectivity index (χ0n) is 9.57. The normalized spacial score (nSPS) is 18.6. The van der Waals surface area contributed by atoms with E-state index in [-0.39, 0.29) is 0 Å². The first kappa shape index (κ1) is 9.57. The highest BCUT2D eigenvalue weighted by Gasteiger charge is 2.25. The number of nitrogens with one attached hydrogen (secondary N) is 1. The second kappa shape index (κ2) is 3.01. The average molecular weight is 189 g/mol. The van der Waals surface area contributed by atoms with Gasteiger partial charge < -0.3 is 5.32 Å². The smallest absolute Gasteiger partial charge is 0.0378 e. The first-order chi connectivity index (χ1) is 6.48. The molecule has 0 spiro atoms. The molecule has 0 saturated carbocycles. The summed E-state index contributed by atoms with van der Waals surface area (Å²) < 4.78 is 0. The lowest BCUT2D eigenvalue weighted by Crippen LogP contribution is -2.31. The first-order valence-electron chi connectivity index (χ1n) is 5.32. The maximum atomic E-state index is 3.53. The van der Waals surface area contributed by atoms with E-state index < -0.39 is 0 Å². The highest BCUT2D eigenvalue weighted by atomic mass is 14.9. The third-order valence-electron chi connectivity index (χ3n) is 3.03. The second-order valence-corrected chi connectivity index (χ2v) is 5.30. The first-order valence-corrected chi connectivity index (χ1v) is 5.32. The molecule has 0 unspecified atom stereocenters. The van der Waals surface area contributed by atoms with E-state index in [1.54, 1.807) is 0 Å². The Bertz CT molecular complexity index is 364. The Balaban J connectivity index is 2.47. The van der Waals surface area contributed by atoms with E-state index in [9.17, 15) is 0 Å². The van der Waals surface area contributed by atoms with Crippen molar-refractivity contribution in [1.29, 1.82) is 0 Å². The van der Waals surface area contributed by atoms with Gasteiger partial charge in [-0.3, -0.25) is 0 Å². The number of hydrogen-bond acceptors (Lipinski definition) is 1. The Morgan fingerprint density at radius 1 is 1.21 bits per heavy atom. The van der Waals surface area contributed by atoms with Gasteiger partial charge >= 0.3 is 0 Å². The van der Waals surface area contributed by atoms with Gasteiger partial charge in [0, 0.05) is 12.2 Å². The number of rotatable bonds is 0. The predicted molar refractivity (Wildman–Crippen MR) is 61.9 cm³/mol. The molecular formula is C13H19N. The van der Waals surface area contributed by atoms with Crippen molar-refractivity contribution in [2.75, 3.05) is 11.9 Å². The fourth-order valence-electron chi connectivity index (χ4n) is 2.27. The molecule has 0 amide bonds. The number of fused-ring (bicyclic) bond motifs is 1. The predicted octanol–water partition coefficient (Wildman–Crippen LogP) is 3.30. The van der Waals surface area contributed by atoms with Gasteiger partial charge in [0.2, 0.25) is 0 Å². The van der Waals surface area contributed by atoms with E-state index in [4.69, 9.17) is 0 Å². The highest BCUT2D eigenvalue weighted by molar-refractivity contribution is 5.58.